The minimum absolute atomic E-state index is 0.0307. The van der Waals surface area contributed by atoms with E-state index in [0.29, 0.717) is 5.70 Å². The number of allylic oxidation sites excluding steroid dienone is 4. The number of nitrogens with zero attached hydrogens (tertiary/aromatic N) is 2. The van der Waals surface area contributed by atoms with Crippen molar-refractivity contribution in [3.8, 4) is 0 Å². The molecule has 30 heavy (non-hydrogen) atoms. The topological polar surface area (TPSA) is 109 Å². The molecule has 0 aromatic carbocycles. The van der Waals surface area contributed by atoms with Gasteiger partial charge in [0.25, 0.3) is 5.89 Å². The van der Waals surface area contributed by atoms with Crippen molar-refractivity contribution < 1.29 is 23.5 Å². The van der Waals surface area contributed by atoms with Gasteiger partial charge in [0.2, 0.25) is 0 Å². The average Bonchev–Trinajstić information content (AvgIpc) is 3.32. The number of carbonyl (C=O) groups is 2. The zero-order valence-electron chi connectivity index (χ0n) is 16.6. The van der Waals surface area contributed by atoms with Gasteiger partial charge in [-0.05, 0) is 30.4 Å². The molecule has 0 fully saturated rings. The summed E-state index contributed by atoms with van der Waals surface area (Å²) in [6.07, 6.45) is 16.0. The Kier molecular flexibility index (Phi) is 6.17. The molecule has 1 amide bonds. The van der Waals surface area contributed by atoms with Crippen LogP contribution in [0.4, 0.5) is 0 Å². The lowest BCUT2D eigenvalue weighted by molar-refractivity contribution is -0.131. The number of nitrogens with one attached hydrogen (secondary N) is 1. The van der Waals surface area contributed by atoms with Crippen LogP contribution in [0.25, 0.3) is 18.2 Å². The van der Waals surface area contributed by atoms with Crippen LogP contribution in [0.3, 0.4) is 0 Å². The molecule has 0 atom stereocenters. The maximum Gasteiger partial charge on any atom is 0.327 e. The second kappa shape index (κ2) is 8.95. The summed E-state index contributed by atoms with van der Waals surface area (Å²) in [5.74, 6) is -1.34. The summed E-state index contributed by atoms with van der Waals surface area (Å²) < 4.78 is 11.0. The predicted octanol–water partition coefficient (Wildman–Crippen LogP) is 1.43. The van der Waals surface area contributed by atoms with Gasteiger partial charge in [-0.3, -0.25) is 4.79 Å². The molecule has 2 aromatic heterocycles. The maximum atomic E-state index is 12.2. The number of fused-ring (bicyclic) bond motifs is 3. The number of amides is 1. The van der Waals surface area contributed by atoms with Crippen LogP contribution in [-0.2, 0) is 11.2 Å². The van der Waals surface area contributed by atoms with Gasteiger partial charge in [0, 0.05) is 49.1 Å². The monoisotopic (exact) mass is 407 g/mol. The molecule has 2 N–H and O–H groups in total. The molecular weight excluding hydrogens is 386 g/mol. The lowest BCUT2D eigenvalue weighted by Crippen LogP contribution is -2.22. The summed E-state index contributed by atoms with van der Waals surface area (Å²) in [7, 11) is 4.05. The molecule has 2 aliphatic carbocycles. The van der Waals surface area contributed by atoms with E-state index in [-0.39, 0.29) is 11.8 Å². The fourth-order valence-electron chi connectivity index (χ4n) is 2.88. The van der Waals surface area contributed by atoms with Crippen molar-refractivity contribution in [1.82, 2.24) is 15.2 Å². The summed E-state index contributed by atoms with van der Waals surface area (Å²) in [6.45, 7) is 2.96. The molecule has 0 bridgehead atoms. The molecule has 2 aliphatic rings. The molecule has 0 spiro atoms. The largest absolute Gasteiger partial charge is 0.478 e. The minimum atomic E-state index is -0.981. The SMILES string of the molecule is C=CC(=O)O.CN(C)C1=CC=c2oc3c(c2C1)C=C(NC(=O)c1ncco1)C=CC=3. The van der Waals surface area contributed by atoms with Crippen LogP contribution in [-0.4, -0.2) is 41.0 Å². The van der Waals surface area contributed by atoms with E-state index in [2.05, 4.69) is 27.9 Å². The van der Waals surface area contributed by atoms with Gasteiger partial charge in [0.1, 0.15) is 17.1 Å². The summed E-state index contributed by atoms with van der Waals surface area (Å²) in [4.78, 5) is 27.4. The van der Waals surface area contributed by atoms with Gasteiger partial charge < -0.3 is 24.2 Å². The van der Waals surface area contributed by atoms with Crippen molar-refractivity contribution in [3.05, 3.63) is 82.6 Å². The molecule has 0 unspecified atom stereocenters. The molecule has 8 heteroatoms. The number of carbonyl (C=O) groups excluding carboxylic acids is 1. The van der Waals surface area contributed by atoms with Crippen LogP contribution >= 0.6 is 0 Å². The molecule has 4 rings (SSSR count). The first-order valence-corrected chi connectivity index (χ1v) is 9.05. The first kappa shape index (κ1) is 20.7. The van der Waals surface area contributed by atoms with Crippen LogP contribution in [0.15, 0.2) is 63.6 Å². The second-order valence-corrected chi connectivity index (χ2v) is 6.58. The van der Waals surface area contributed by atoms with Gasteiger partial charge in [-0.1, -0.05) is 12.7 Å². The summed E-state index contributed by atoms with van der Waals surface area (Å²) in [5, 5.41) is 10.4. The number of likely N-dealkylation sites (N-methyl/N-ethyl adjacent to an activating group) is 1. The Morgan fingerprint density at radius 2 is 2.03 bits per heavy atom. The molecule has 0 saturated heterocycles. The normalized spacial score (nSPS) is 13.5. The van der Waals surface area contributed by atoms with Gasteiger partial charge >= 0.3 is 11.9 Å². The van der Waals surface area contributed by atoms with Crippen LogP contribution in [0.5, 0.6) is 0 Å². The van der Waals surface area contributed by atoms with Gasteiger partial charge in [0.05, 0.1) is 6.20 Å². The Morgan fingerprint density at radius 1 is 1.27 bits per heavy atom. The van der Waals surface area contributed by atoms with E-state index in [9.17, 15) is 9.59 Å². The Morgan fingerprint density at radius 3 is 2.67 bits per heavy atom. The van der Waals surface area contributed by atoms with Crippen LogP contribution in [0.1, 0.15) is 21.8 Å². The Balaban J connectivity index is 0.000000461. The van der Waals surface area contributed by atoms with Gasteiger partial charge in [-0.25, -0.2) is 9.78 Å². The first-order valence-electron chi connectivity index (χ1n) is 9.05. The van der Waals surface area contributed by atoms with Gasteiger partial charge in [0.15, 0.2) is 0 Å². The van der Waals surface area contributed by atoms with Crippen molar-refractivity contribution in [2.75, 3.05) is 14.1 Å². The molecule has 0 aliphatic heterocycles. The Hall–Kier alpha value is -4.07. The van der Waals surface area contributed by atoms with E-state index in [1.165, 1.54) is 18.2 Å². The lowest BCUT2D eigenvalue weighted by Gasteiger charge is -2.18. The van der Waals surface area contributed by atoms with Crippen molar-refractivity contribution in [3.63, 3.8) is 0 Å². The van der Waals surface area contributed by atoms with E-state index in [1.807, 2.05) is 44.5 Å². The van der Waals surface area contributed by atoms with Gasteiger partial charge in [-0.15, -0.1) is 0 Å². The number of hydrogen-bond donors (Lipinski definition) is 2. The summed E-state index contributed by atoms with van der Waals surface area (Å²) in [6, 6.07) is 0. The van der Waals surface area contributed by atoms with E-state index < -0.39 is 5.97 Å². The first-order chi connectivity index (χ1) is 14.4. The Bertz CT molecular complexity index is 1180. The third kappa shape index (κ3) is 4.67. The number of aromatic nitrogens is 1. The number of furan rings is 1. The molecule has 8 nitrogen and oxygen atoms in total. The molecule has 154 valence electrons. The van der Waals surface area contributed by atoms with Crippen LogP contribution in [0, 0.1) is 0 Å². The average molecular weight is 407 g/mol. The summed E-state index contributed by atoms with van der Waals surface area (Å²) in [5.41, 5.74) is 5.59. The van der Waals surface area contributed by atoms with Crippen molar-refractivity contribution in [2.24, 2.45) is 0 Å². The highest BCUT2D eigenvalue weighted by Crippen LogP contribution is 2.17. The van der Waals surface area contributed by atoms with Crippen molar-refractivity contribution >= 4 is 30.1 Å². The van der Waals surface area contributed by atoms with Crippen molar-refractivity contribution in [2.45, 2.75) is 6.42 Å². The van der Waals surface area contributed by atoms with Crippen molar-refractivity contribution in [1.29, 1.82) is 0 Å². The second-order valence-electron chi connectivity index (χ2n) is 6.58. The number of oxazole rings is 1. The van der Waals surface area contributed by atoms with Crippen LogP contribution in [0.2, 0.25) is 0 Å². The number of aliphatic carboxylic acids is 1. The lowest BCUT2D eigenvalue weighted by atomic mass is 10.0. The third-order valence-electron chi connectivity index (χ3n) is 4.35. The molecular formula is C22H21N3O5. The number of rotatable bonds is 4. The molecule has 0 radical (unpaired) electrons. The van der Waals surface area contributed by atoms with Gasteiger partial charge in [-0.2, -0.15) is 0 Å². The van der Waals surface area contributed by atoms with E-state index in [1.54, 1.807) is 0 Å². The predicted molar refractivity (Wildman–Crippen MR) is 111 cm³/mol. The number of carboxylic acid groups (broad SMARTS) is 1. The number of carboxylic acids is 1. The maximum absolute atomic E-state index is 12.2. The quantitative estimate of drug-likeness (QED) is 0.738. The molecule has 2 heterocycles. The summed E-state index contributed by atoms with van der Waals surface area (Å²) >= 11 is 0. The smallest absolute Gasteiger partial charge is 0.327 e. The fourth-order valence-corrected chi connectivity index (χ4v) is 2.88. The number of hydrogen-bond acceptors (Lipinski definition) is 6. The van der Waals surface area contributed by atoms with E-state index >= 15 is 0 Å². The standard InChI is InChI=1S/C19H17N3O3.C3H4O2/c1-22(2)13-6-7-17-15(11-13)14-10-12(4-3-5-16(14)25-17)21-18(23)19-20-8-9-24-19;1-2-3(4)5/h3-10H,11H2,1-2H3,(H,21,23);2H,1H2,(H,4,5). The third-order valence-corrected chi connectivity index (χ3v) is 4.35. The minimum Gasteiger partial charge on any atom is -0.478 e. The highest BCUT2D eigenvalue weighted by molar-refractivity contribution is 5.92. The molecule has 2 aromatic rings. The fraction of sp³-hybridized carbons (Fsp3) is 0.136. The highest BCUT2D eigenvalue weighted by Gasteiger charge is 2.18. The van der Waals surface area contributed by atoms with E-state index in [4.69, 9.17) is 13.9 Å². The van der Waals surface area contributed by atoms with E-state index in [0.717, 1.165) is 34.5 Å². The Labute approximate surface area is 172 Å². The zero-order chi connectivity index (χ0) is 21.7. The van der Waals surface area contributed by atoms with Crippen LogP contribution < -0.4 is 16.1 Å². The highest BCUT2D eigenvalue weighted by atomic mass is 16.4. The molecule has 0 saturated carbocycles. The zero-order valence-corrected chi connectivity index (χ0v) is 16.6.